The summed E-state index contributed by atoms with van der Waals surface area (Å²) in [7, 11) is 0. The Balaban J connectivity index is 1.88. The number of nitrogens with two attached hydrogens (primary N) is 1. The molecule has 2 aromatic rings. The van der Waals surface area contributed by atoms with Crippen molar-refractivity contribution in [3.63, 3.8) is 0 Å². The van der Waals surface area contributed by atoms with Crippen molar-refractivity contribution < 1.29 is 0 Å². The molecule has 0 saturated carbocycles. The summed E-state index contributed by atoms with van der Waals surface area (Å²) in [5.41, 5.74) is 13.1. The highest BCUT2D eigenvalue weighted by atomic mass is 14.9. The Bertz CT molecular complexity index is 567. The monoisotopic (exact) mass is 238 g/mol. The van der Waals surface area contributed by atoms with Crippen molar-refractivity contribution >= 4 is 17.1 Å². The Labute approximate surface area is 108 Å². The van der Waals surface area contributed by atoms with Crippen LogP contribution in [0.25, 0.3) is 0 Å². The molecule has 1 aliphatic carbocycles. The van der Waals surface area contributed by atoms with Gasteiger partial charge < -0.3 is 11.1 Å². The number of rotatable bonds is 2. The molecule has 18 heavy (non-hydrogen) atoms. The fourth-order valence-electron chi connectivity index (χ4n) is 2.70. The van der Waals surface area contributed by atoms with Gasteiger partial charge in [-0.05, 0) is 73.2 Å². The minimum Gasteiger partial charge on any atom is -0.399 e. The van der Waals surface area contributed by atoms with Crippen LogP contribution in [0.2, 0.25) is 0 Å². The molecule has 0 heterocycles. The van der Waals surface area contributed by atoms with Gasteiger partial charge in [0.2, 0.25) is 0 Å². The van der Waals surface area contributed by atoms with Crippen molar-refractivity contribution in [1.82, 2.24) is 0 Å². The molecule has 2 aromatic carbocycles. The number of benzene rings is 2. The summed E-state index contributed by atoms with van der Waals surface area (Å²) in [4.78, 5) is 0. The maximum absolute atomic E-state index is 5.86. The molecule has 3 N–H and O–H groups in total. The standard InChI is InChI=1S/C16H18N2/c1-11-7-14(17)10-16(8-11)18-15-6-5-12-3-2-4-13(12)9-15/h5-10,18H,2-4,17H2,1H3. The van der Waals surface area contributed by atoms with Crippen molar-refractivity contribution in [3.8, 4) is 0 Å². The Morgan fingerprint density at radius 2 is 1.78 bits per heavy atom. The molecule has 0 radical (unpaired) electrons. The van der Waals surface area contributed by atoms with Crippen molar-refractivity contribution in [1.29, 1.82) is 0 Å². The van der Waals surface area contributed by atoms with Gasteiger partial charge in [0.1, 0.15) is 0 Å². The number of fused-ring (bicyclic) bond motifs is 1. The first-order valence-electron chi connectivity index (χ1n) is 6.47. The summed E-state index contributed by atoms with van der Waals surface area (Å²) in [5.74, 6) is 0. The Kier molecular flexibility index (Phi) is 2.71. The minimum absolute atomic E-state index is 0.804. The van der Waals surface area contributed by atoms with E-state index in [9.17, 15) is 0 Å². The first-order valence-corrected chi connectivity index (χ1v) is 6.47. The van der Waals surface area contributed by atoms with Crippen LogP contribution in [0.15, 0.2) is 36.4 Å². The van der Waals surface area contributed by atoms with Gasteiger partial charge in [-0.25, -0.2) is 0 Å². The first kappa shape index (κ1) is 11.1. The fourth-order valence-corrected chi connectivity index (χ4v) is 2.70. The Morgan fingerprint density at radius 3 is 2.61 bits per heavy atom. The predicted molar refractivity (Wildman–Crippen MR) is 77.3 cm³/mol. The maximum Gasteiger partial charge on any atom is 0.0407 e. The van der Waals surface area contributed by atoms with Crippen molar-refractivity contribution in [2.75, 3.05) is 11.1 Å². The van der Waals surface area contributed by atoms with Gasteiger partial charge in [0.25, 0.3) is 0 Å². The van der Waals surface area contributed by atoms with Gasteiger partial charge in [0, 0.05) is 17.1 Å². The van der Waals surface area contributed by atoms with Crippen LogP contribution >= 0.6 is 0 Å². The molecule has 0 amide bonds. The predicted octanol–water partition coefficient (Wildman–Crippen LogP) is 3.81. The van der Waals surface area contributed by atoms with E-state index in [-0.39, 0.29) is 0 Å². The number of nitrogen functional groups attached to an aromatic ring is 1. The van der Waals surface area contributed by atoms with E-state index in [1.165, 1.54) is 36.0 Å². The van der Waals surface area contributed by atoms with Gasteiger partial charge in [0.15, 0.2) is 0 Å². The van der Waals surface area contributed by atoms with E-state index in [1.54, 1.807) is 0 Å². The van der Waals surface area contributed by atoms with E-state index in [1.807, 2.05) is 12.1 Å². The van der Waals surface area contributed by atoms with Gasteiger partial charge in [-0.15, -0.1) is 0 Å². The third kappa shape index (κ3) is 2.19. The van der Waals surface area contributed by atoms with E-state index in [4.69, 9.17) is 5.73 Å². The highest BCUT2D eigenvalue weighted by Gasteiger charge is 2.10. The summed E-state index contributed by atoms with van der Waals surface area (Å²) < 4.78 is 0. The van der Waals surface area contributed by atoms with Crippen LogP contribution < -0.4 is 11.1 Å². The SMILES string of the molecule is Cc1cc(N)cc(Nc2ccc3c(c2)CCC3)c1. The van der Waals surface area contributed by atoms with Gasteiger partial charge in [-0.3, -0.25) is 0 Å². The summed E-state index contributed by atoms with van der Waals surface area (Å²) in [6, 6.07) is 12.7. The van der Waals surface area contributed by atoms with Crippen LogP contribution in [0.3, 0.4) is 0 Å². The van der Waals surface area contributed by atoms with Gasteiger partial charge in [0.05, 0.1) is 0 Å². The molecule has 0 fully saturated rings. The highest BCUT2D eigenvalue weighted by Crippen LogP contribution is 2.27. The lowest BCUT2D eigenvalue weighted by molar-refractivity contribution is 0.912. The number of anilines is 3. The van der Waals surface area contributed by atoms with Crippen LogP contribution in [-0.4, -0.2) is 0 Å². The van der Waals surface area contributed by atoms with Crippen LogP contribution in [-0.2, 0) is 12.8 Å². The topological polar surface area (TPSA) is 38.0 Å². The number of hydrogen-bond donors (Lipinski definition) is 2. The van der Waals surface area contributed by atoms with E-state index < -0.39 is 0 Å². The molecule has 0 unspecified atom stereocenters. The average Bonchev–Trinajstić information content (AvgIpc) is 2.74. The second-order valence-electron chi connectivity index (χ2n) is 5.09. The molecule has 0 saturated heterocycles. The lowest BCUT2D eigenvalue weighted by atomic mass is 10.1. The lowest BCUT2D eigenvalue weighted by Crippen LogP contribution is -1.94. The van der Waals surface area contributed by atoms with Gasteiger partial charge in [-0.2, -0.15) is 0 Å². The summed E-state index contributed by atoms with van der Waals surface area (Å²) >= 11 is 0. The molecule has 0 bridgehead atoms. The van der Waals surface area contributed by atoms with E-state index in [0.29, 0.717) is 0 Å². The van der Waals surface area contributed by atoms with Crippen molar-refractivity contribution in [2.24, 2.45) is 0 Å². The number of aryl methyl sites for hydroxylation is 3. The molecule has 0 aromatic heterocycles. The molecule has 0 aliphatic heterocycles. The molecule has 2 nitrogen and oxygen atoms in total. The summed E-state index contributed by atoms with van der Waals surface area (Å²) in [6.07, 6.45) is 3.73. The highest BCUT2D eigenvalue weighted by molar-refractivity contribution is 5.66. The zero-order valence-electron chi connectivity index (χ0n) is 10.7. The van der Waals surface area contributed by atoms with E-state index in [0.717, 1.165) is 17.1 Å². The molecule has 3 rings (SSSR count). The van der Waals surface area contributed by atoms with Crippen molar-refractivity contribution in [3.05, 3.63) is 53.1 Å². The average molecular weight is 238 g/mol. The normalized spacial score (nSPS) is 13.4. The number of nitrogens with one attached hydrogen (secondary N) is 1. The smallest absolute Gasteiger partial charge is 0.0407 e. The molecular weight excluding hydrogens is 220 g/mol. The molecule has 92 valence electrons. The second kappa shape index (κ2) is 4.37. The van der Waals surface area contributed by atoms with Crippen molar-refractivity contribution in [2.45, 2.75) is 26.2 Å². The van der Waals surface area contributed by atoms with E-state index in [2.05, 4.69) is 36.5 Å². The third-order valence-electron chi connectivity index (χ3n) is 3.49. The largest absolute Gasteiger partial charge is 0.399 e. The van der Waals surface area contributed by atoms with Crippen LogP contribution in [0.5, 0.6) is 0 Å². The van der Waals surface area contributed by atoms with E-state index >= 15 is 0 Å². The fraction of sp³-hybridized carbons (Fsp3) is 0.250. The molecule has 0 spiro atoms. The maximum atomic E-state index is 5.86. The molecule has 0 atom stereocenters. The van der Waals surface area contributed by atoms with Gasteiger partial charge >= 0.3 is 0 Å². The lowest BCUT2D eigenvalue weighted by Gasteiger charge is -2.10. The zero-order valence-corrected chi connectivity index (χ0v) is 10.7. The van der Waals surface area contributed by atoms with Gasteiger partial charge in [-0.1, -0.05) is 6.07 Å². The van der Waals surface area contributed by atoms with Crippen LogP contribution in [0.4, 0.5) is 17.1 Å². The molecule has 2 heteroatoms. The first-order chi connectivity index (χ1) is 8.70. The second-order valence-corrected chi connectivity index (χ2v) is 5.09. The zero-order chi connectivity index (χ0) is 12.5. The van der Waals surface area contributed by atoms with Crippen LogP contribution in [0.1, 0.15) is 23.1 Å². The quantitative estimate of drug-likeness (QED) is 0.781. The molecular formula is C16H18N2. The minimum atomic E-state index is 0.804. The van der Waals surface area contributed by atoms with Crippen LogP contribution in [0, 0.1) is 6.92 Å². The number of hydrogen-bond acceptors (Lipinski definition) is 2. The molecule has 1 aliphatic rings. The third-order valence-corrected chi connectivity index (χ3v) is 3.49. The Morgan fingerprint density at radius 1 is 0.944 bits per heavy atom. The summed E-state index contributed by atoms with van der Waals surface area (Å²) in [6.45, 7) is 2.06. The Hall–Kier alpha value is -1.96. The summed E-state index contributed by atoms with van der Waals surface area (Å²) in [5, 5.41) is 3.44.